The van der Waals surface area contributed by atoms with Crippen LogP contribution in [0.25, 0.3) is 0 Å². The number of aliphatic imine (C=N–C) groups is 1. The van der Waals surface area contributed by atoms with Crippen molar-refractivity contribution in [3.8, 4) is 0 Å². The summed E-state index contributed by atoms with van der Waals surface area (Å²) < 4.78 is 1.94. The van der Waals surface area contributed by atoms with Crippen molar-refractivity contribution in [2.45, 2.75) is 0 Å². The van der Waals surface area contributed by atoms with Crippen molar-refractivity contribution in [3.63, 3.8) is 0 Å². The van der Waals surface area contributed by atoms with E-state index in [-0.39, 0.29) is 0 Å². The summed E-state index contributed by atoms with van der Waals surface area (Å²) in [5, 5.41) is 3.12. The summed E-state index contributed by atoms with van der Waals surface area (Å²) in [5.74, 6) is 0. The molecule has 0 aromatic heterocycles. The molecule has 0 fully saturated rings. The Balaban J connectivity index is 4.35. The highest BCUT2D eigenvalue weighted by Crippen LogP contribution is 1.85. The molecule has 0 rings (SSSR count). The van der Waals surface area contributed by atoms with E-state index in [9.17, 15) is 0 Å². The molecule has 0 aliphatic carbocycles. The van der Waals surface area contributed by atoms with Gasteiger partial charge in [0.25, 0.3) is 0 Å². The highest BCUT2D eigenvalue weighted by atomic mass is 15.1. The van der Waals surface area contributed by atoms with Gasteiger partial charge in [0.05, 0.1) is 20.3 Å². The molecule has 0 heterocycles. The van der Waals surface area contributed by atoms with Crippen LogP contribution in [0.4, 0.5) is 0 Å². The molecule has 0 aromatic carbocycles. The average Bonchev–Trinajstić information content (AvgIpc) is 1.99. The summed E-state index contributed by atoms with van der Waals surface area (Å²) in [4.78, 5) is 5.91. The van der Waals surface area contributed by atoms with Crippen molar-refractivity contribution >= 4 is 12.6 Å². The van der Waals surface area contributed by atoms with Crippen LogP contribution >= 0.6 is 0 Å². The first-order chi connectivity index (χ1) is 6.06. The Labute approximate surface area is 80.3 Å². The first kappa shape index (κ1) is 11.7. The number of hydrogen-bond acceptors (Lipinski definition) is 2. The van der Waals surface area contributed by atoms with Gasteiger partial charge in [-0.3, -0.25) is 9.57 Å². The van der Waals surface area contributed by atoms with Gasteiger partial charge in [-0.1, -0.05) is 0 Å². The van der Waals surface area contributed by atoms with Crippen LogP contribution < -0.4 is 5.32 Å². The van der Waals surface area contributed by atoms with Crippen LogP contribution in [0.3, 0.4) is 0 Å². The van der Waals surface area contributed by atoms with E-state index in [1.54, 1.807) is 13.3 Å². The second kappa shape index (κ2) is 6.22. The number of allylic oxidation sites excluding steroid dienone is 1. The number of rotatable bonds is 4. The van der Waals surface area contributed by atoms with Crippen LogP contribution in [0.15, 0.2) is 16.9 Å². The molecule has 0 aliphatic heterocycles. The molecular formula is C9H19N4+. The molecule has 0 aliphatic rings. The van der Waals surface area contributed by atoms with Crippen LogP contribution in [0.1, 0.15) is 0 Å². The van der Waals surface area contributed by atoms with Gasteiger partial charge in [-0.2, -0.15) is 0 Å². The first-order valence-corrected chi connectivity index (χ1v) is 4.13. The molecule has 0 bridgehead atoms. The third kappa shape index (κ3) is 7.05. The molecule has 13 heavy (non-hydrogen) atoms. The standard InChI is InChI=1S/C9H18N4/c1-10-6-9(7-12(2)3)11-8-13(4)5/h6-8H,1-5H3/p+1/b9-7-,10-6+. The van der Waals surface area contributed by atoms with E-state index in [0.29, 0.717) is 0 Å². The van der Waals surface area contributed by atoms with Gasteiger partial charge < -0.3 is 4.90 Å². The Morgan fingerprint density at radius 1 is 1.38 bits per heavy atom. The zero-order valence-corrected chi connectivity index (χ0v) is 9.07. The molecule has 0 spiro atoms. The third-order valence-electron chi connectivity index (χ3n) is 1.15. The molecule has 4 heteroatoms. The minimum absolute atomic E-state index is 0.959. The average molecular weight is 183 g/mol. The Bertz CT molecular complexity index is 222. The fourth-order valence-corrected chi connectivity index (χ4v) is 0.729. The zero-order chi connectivity index (χ0) is 10.3. The molecular weight excluding hydrogens is 164 g/mol. The Hall–Kier alpha value is -1.32. The second-order valence-electron chi connectivity index (χ2n) is 3.17. The monoisotopic (exact) mass is 183 g/mol. The van der Waals surface area contributed by atoms with Crippen molar-refractivity contribution in [2.24, 2.45) is 4.99 Å². The van der Waals surface area contributed by atoms with Gasteiger partial charge >= 0.3 is 0 Å². The molecule has 0 radical (unpaired) electrons. The van der Waals surface area contributed by atoms with Crippen LogP contribution in [0.2, 0.25) is 0 Å². The summed E-state index contributed by atoms with van der Waals surface area (Å²) in [6.07, 6.45) is 5.62. The number of hydrogen-bond donors (Lipinski definition) is 1. The maximum absolute atomic E-state index is 3.95. The second-order valence-corrected chi connectivity index (χ2v) is 3.17. The number of nitrogens with one attached hydrogen (secondary N) is 1. The lowest BCUT2D eigenvalue weighted by molar-refractivity contribution is -0.461. The topological polar surface area (TPSA) is 30.6 Å². The van der Waals surface area contributed by atoms with Crippen molar-refractivity contribution in [2.75, 3.05) is 35.2 Å². The SMILES string of the molecule is C/N=C/C(=C/N(C)C)NC=[N+](C)C. The normalized spacial score (nSPS) is 11.6. The molecule has 74 valence electrons. The van der Waals surface area contributed by atoms with Gasteiger partial charge in [0, 0.05) is 27.3 Å². The van der Waals surface area contributed by atoms with Crippen molar-refractivity contribution < 1.29 is 4.58 Å². The minimum atomic E-state index is 0.959. The van der Waals surface area contributed by atoms with Gasteiger partial charge in [-0.15, -0.1) is 0 Å². The van der Waals surface area contributed by atoms with Gasteiger partial charge in [0.2, 0.25) is 6.34 Å². The van der Waals surface area contributed by atoms with E-state index in [0.717, 1.165) is 5.70 Å². The first-order valence-electron chi connectivity index (χ1n) is 4.13. The lowest BCUT2D eigenvalue weighted by atomic mass is 10.5. The molecule has 0 atom stereocenters. The largest absolute Gasteiger partial charge is 0.380 e. The molecule has 4 nitrogen and oxygen atoms in total. The van der Waals surface area contributed by atoms with E-state index >= 15 is 0 Å². The lowest BCUT2D eigenvalue weighted by Crippen LogP contribution is -2.20. The molecule has 0 amide bonds. The summed E-state index contributed by atoms with van der Waals surface area (Å²) in [6.45, 7) is 0. The predicted molar refractivity (Wildman–Crippen MR) is 57.5 cm³/mol. The van der Waals surface area contributed by atoms with E-state index < -0.39 is 0 Å². The summed E-state index contributed by atoms with van der Waals surface area (Å²) in [5.41, 5.74) is 0.959. The maximum atomic E-state index is 3.95. The molecule has 1 N–H and O–H groups in total. The van der Waals surface area contributed by atoms with Gasteiger partial charge in [-0.25, -0.2) is 5.32 Å². The van der Waals surface area contributed by atoms with E-state index in [4.69, 9.17) is 0 Å². The Kier molecular flexibility index (Phi) is 5.59. The van der Waals surface area contributed by atoms with Crippen LogP contribution in [-0.4, -0.2) is 57.3 Å². The fraction of sp³-hybridized carbons (Fsp3) is 0.556. The fourth-order valence-electron chi connectivity index (χ4n) is 0.729. The number of nitrogens with zero attached hydrogens (tertiary/aromatic N) is 3. The lowest BCUT2D eigenvalue weighted by Gasteiger charge is -2.04. The highest BCUT2D eigenvalue weighted by Gasteiger charge is 1.95. The van der Waals surface area contributed by atoms with E-state index in [1.807, 2.05) is 50.2 Å². The third-order valence-corrected chi connectivity index (χ3v) is 1.15. The highest BCUT2D eigenvalue weighted by molar-refractivity contribution is 5.81. The van der Waals surface area contributed by atoms with Crippen LogP contribution in [0.5, 0.6) is 0 Å². The van der Waals surface area contributed by atoms with Crippen molar-refractivity contribution in [1.82, 2.24) is 10.2 Å². The Morgan fingerprint density at radius 2 is 2.00 bits per heavy atom. The smallest absolute Gasteiger partial charge is 0.236 e. The quantitative estimate of drug-likeness (QED) is 0.377. The van der Waals surface area contributed by atoms with E-state index in [2.05, 4.69) is 10.3 Å². The van der Waals surface area contributed by atoms with Crippen molar-refractivity contribution in [1.29, 1.82) is 0 Å². The molecule has 0 saturated heterocycles. The van der Waals surface area contributed by atoms with Gasteiger partial charge in [0.1, 0.15) is 0 Å². The zero-order valence-electron chi connectivity index (χ0n) is 9.07. The predicted octanol–water partition coefficient (Wildman–Crippen LogP) is -0.0200. The van der Waals surface area contributed by atoms with Crippen LogP contribution in [0, 0.1) is 0 Å². The molecule has 0 unspecified atom stereocenters. The van der Waals surface area contributed by atoms with Gasteiger partial charge in [-0.05, 0) is 0 Å². The van der Waals surface area contributed by atoms with Crippen LogP contribution in [-0.2, 0) is 0 Å². The summed E-state index contributed by atoms with van der Waals surface area (Å²) in [7, 11) is 9.62. The molecule has 0 aromatic rings. The summed E-state index contributed by atoms with van der Waals surface area (Å²) in [6, 6.07) is 0. The maximum Gasteiger partial charge on any atom is 0.236 e. The minimum Gasteiger partial charge on any atom is -0.380 e. The van der Waals surface area contributed by atoms with E-state index in [1.165, 1.54) is 0 Å². The van der Waals surface area contributed by atoms with Crippen molar-refractivity contribution in [3.05, 3.63) is 11.9 Å². The molecule has 0 saturated carbocycles. The Morgan fingerprint density at radius 3 is 2.38 bits per heavy atom. The van der Waals surface area contributed by atoms with Gasteiger partial charge in [0.15, 0.2) is 5.70 Å². The summed E-state index contributed by atoms with van der Waals surface area (Å²) >= 11 is 0.